The predicted molar refractivity (Wildman–Crippen MR) is 121 cm³/mol. The SMILES string of the molecule is Cc1ccc(C(=O)N(CCc2nc(-c3ccc(C)cc3)no2)Cc2ccccc2)cc1. The zero-order valence-corrected chi connectivity index (χ0v) is 17.8. The number of rotatable bonds is 7. The Labute approximate surface area is 182 Å². The van der Waals surface area contributed by atoms with Crippen molar-refractivity contribution in [3.63, 3.8) is 0 Å². The molecule has 0 aliphatic carbocycles. The third kappa shape index (κ3) is 5.25. The van der Waals surface area contributed by atoms with Gasteiger partial charge in [-0.05, 0) is 31.5 Å². The van der Waals surface area contributed by atoms with Crippen LogP contribution in [-0.2, 0) is 13.0 Å². The summed E-state index contributed by atoms with van der Waals surface area (Å²) in [7, 11) is 0. The first-order valence-electron chi connectivity index (χ1n) is 10.4. The zero-order valence-electron chi connectivity index (χ0n) is 17.8. The summed E-state index contributed by atoms with van der Waals surface area (Å²) in [5, 5.41) is 4.10. The molecule has 4 aromatic rings. The van der Waals surface area contributed by atoms with Crippen molar-refractivity contribution in [3.05, 3.63) is 107 Å². The Morgan fingerprint density at radius 1 is 0.871 bits per heavy atom. The number of nitrogens with zero attached hydrogens (tertiary/aromatic N) is 3. The summed E-state index contributed by atoms with van der Waals surface area (Å²) in [6, 6.07) is 25.6. The van der Waals surface area contributed by atoms with Crippen LogP contribution in [0.2, 0.25) is 0 Å². The summed E-state index contributed by atoms with van der Waals surface area (Å²) in [6.07, 6.45) is 0.489. The van der Waals surface area contributed by atoms with Crippen LogP contribution in [0.25, 0.3) is 11.4 Å². The molecule has 4 rings (SSSR count). The molecule has 0 aliphatic rings. The Kier molecular flexibility index (Phi) is 6.22. The molecule has 156 valence electrons. The van der Waals surface area contributed by atoms with E-state index >= 15 is 0 Å². The van der Waals surface area contributed by atoms with Crippen LogP contribution < -0.4 is 0 Å². The summed E-state index contributed by atoms with van der Waals surface area (Å²) in [5.41, 5.74) is 4.97. The van der Waals surface area contributed by atoms with E-state index in [9.17, 15) is 4.79 Å². The summed E-state index contributed by atoms with van der Waals surface area (Å²) < 4.78 is 5.45. The Bertz CT molecular complexity index is 1130. The van der Waals surface area contributed by atoms with Gasteiger partial charge in [0.2, 0.25) is 11.7 Å². The zero-order chi connectivity index (χ0) is 21.6. The van der Waals surface area contributed by atoms with Gasteiger partial charge < -0.3 is 9.42 Å². The van der Waals surface area contributed by atoms with Gasteiger partial charge in [0.15, 0.2) is 0 Å². The molecule has 0 unspecified atom stereocenters. The average molecular weight is 412 g/mol. The Morgan fingerprint density at radius 2 is 1.52 bits per heavy atom. The second-order valence-electron chi connectivity index (χ2n) is 7.71. The molecule has 31 heavy (non-hydrogen) atoms. The van der Waals surface area contributed by atoms with Gasteiger partial charge in [-0.15, -0.1) is 0 Å². The second kappa shape index (κ2) is 9.39. The Hall–Kier alpha value is -3.73. The standard InChI is InChI=1S/C26H25N3O2/c1-19-8-12-22(13-9-19)25-27-24(31-28-25)16-17-29(18-21-6-4-3-5-7-21)26(30)23-14-10-20(2)11-15-23/h3-15H,16-18H2,1-2H3. The molecule has 0 radical (unpaired) electrons. The third-order valence-corrected chi connectivity index (χ3v) is 5.18. The molecule has 0 atom stereocenters. The molecule has 1 heterocycles. The lowest BCUT2D eigenvalue weighted by molar-refractivity contribution is 0.0741. The highest BCUT2D eigenvalue weighted by atomic mass is 16.5. The van der Waals surface area contributed by atoms with Gasteiger partial charge in [0.1, 0.15) is 0 Å². The fourth-order valence-electron chi connectivity index (χ4n) is 3.34. The van der Waals surface area contributed by atoms with Crippen LogP contribution in [0.1, 0.15) is 32.9 Å². The number of aromatic nitrogens is 2. The number of amides is 1. The van der Waals surface area contributed by atoms with E-state index in [-0.39, 0.29) is 5.91 Å². The van der Waals surface area contributed by atoms with Gasteiger partial charge in [-0.1, -0.05) is 83.0 Å². The van der Waals surface area contributed by atoms with E-state index in [1.54, 1.807) is 0 Å². The molecule has 0 bridgehead atoms. The van der Waals surface area contributed by atoms with Crippen LogP contribution in [0.5, 0.6) is 0 Å². The molecular weight excluding hydrogens is 386 g/mol. The number of carbonyl (C=O) groups is 1. The van der Waals surface area contributed by atoms with Crippen molar-refractivity contribution in [2.24, 2.45) is 0 Å². The summed E-state index contributed by atoms with van der Waals surface area (Å²) in [6.45, 7) is 5.05. The molecule has 0 fully saturated rings. The monoisotopic (exact) mass is 411 g/mol. The maximum atomic E-state index is 13.2. The van der Waals surface area contributed by atoms with E-state index in [2.05, 4.69) is 10.1 Å². The van der Waals surface area contributed by atoms with Gasteiger partial charge in [-0.3, -0.25) is 4.79 Å². The van der Waals surface area contributed by atoms with Crippen molar-refractivity contribution in [2.45, 2.75) is 26.8 Å². The second-order valence-corrected chi connectivity index (χ2v) is 7.71. The third-order valence-electron chi connectivity index (χ3n) is 5.18. The first kappa shape index (κ1) is 20.5. The molecule has 1 aromatic heterocycles. The summed E-state index contributed by atoms with van der Waals surface area (Å²) in [5.74, 6) is 1.07. The predicted octanol–water partition coefficient (Wildman–Crippen LogP) is 5.24. The van der Waals surface area contributed by atoms with E-state index in [0.717, 1.165) is 16.7 Å². The van der Waals surface area contributed by atoms with Crippen molar-refractivity contribution >= 4 is 5.91 Å². The maximum Gasteiger partial charge on any atom is 0.254 e. The fraction of sp³-hybridized carbons (Fsp3) is 0.192. The van der Waals surface area contributed by atoms with Gasteiger partial charge in [-0.25, -0.2) is 0 Å². The van der Waals surface area contributed by atoms with Crippen LogP contribution in [0.3, 0.4) is 0 Å². The molecule has 0 N–H and O–H groups in total. The number of carbonyl (C=O) groups excluding carboxylic acids is 1. The van der Waals surface area contributed by atoms with Crippen LogP contribution in [-0.4, -0.2) is 27.5 Å². The quantitative estimate of drug-likeness (QED) is 0.417. The van der Waals surface area contributed by atoms with Crippen LogP contribution in [0, 0.1) is 13.8 Å². The van der Waals surface area contributed by atoms with Crippen molar-refractivity contribution in [1.29, 1.82) is 0 Å². The van der Waals surface area contributed by atoms with Crippen molar-refractivity contribution in [1.82, 2.24) is 15.0 Å². The normalized spacial score (nSPS) is 10.8. The van der Waals surface area contributed by atoms with E-state index in [1.807, 2.05) is 97.6 Å². The number of aryl methyl sites for hydroxylation is 2. The van der Waals surface area contributed by atoms with Crippen molar-refractivity contribution in [2.75, 3.05) is 6.54 Å². The van der Waals surface area contributed by atoms with E-state index in [4.69, 9.17) is 4.52 Å². The molecule has 3 aromatic carbocycles. The lowest BCUT2D eigenvalue weighted by Crippen LogP contribution is -2.32. The molecule has 5 heteroatoms. The summed E-state index contributed by atoms with van der Waals surface area (Å²) in [4.78, 5) is 19.5. The minimum Gasteiger partial charge on any atom is -0.339 e. The number of benzene rings is 3. The number of hydrogen-bond acceptors (Lipinski definition) is 4. The molecule has 0 spiro atoms. The van der Waals surface area contributed by atoms with Crippen molar-refractivity contribution < 1.29 is 9.32 Å². The van der Waals surface area contributed by atoms with E-state index in [0.29, 0.717) is 36.8 Å². The summed E-state index contributed by atoms with van der Waals surface area (Å²) >= 11 is 0. The topological polar surface area (TPSA) is 59.2 Å². The largest absolute Gasteiger partial charge is 0.339 e. The molecular formula is C26H25N3O2. The van der Waals surface area contributed by atoms with Gasteiger partial charge in [-0.2, -0.15) is 4.98 Å². The fourth-order valence-corrected chi connectivity index (χ4v) is 3.34. The highest BCUT2D eigenvalue weighted by Gasteiger charge is 2.18. The lowest BCUT2D eigenvalue weighted by Gasteiger charge is -2.22. The van der Waals surface area contributed by atoms with Gasteiger partial charge in [0.25, 0.3) is 5.91 Å². The Morgan fingerprint density at radius 3 is 2.19 bits per heavy atom. The molecule has 1 amide bonds. The lowest BCUT2D eigenvalue weighted by atomic mass is 10.1. The van der Waals surface area contributed by atoms with Crippen LogP contribution in [0.15, 0.2) is 83.4 Å². The Balaban J connectivity index is 1.50. The number of hydrogen-bond donors (Lipinski definition) is 0. The minimum atomic E-state index is -0.0119. The van der Waals surface area contributed by atoms with E-state index < -0.39 is 0 Å². The van der Waals surface area contributed by atoms with Crippen LogP contribution in [0.4, 0.5) is 0 Å². The first-order chi connectivity index (χ1) is 15.1. The smallest absolute Gasteiger partial charge is 0.254 e. The van der Waals surface area contributed by atoms with Crippen molar-refractivity contribution in [3.8, 4) is 11.4 Å². The van der Waals surface area contributed by atoms with Gasteiger partial charge in [0, 0.05) is 30.6 Å². The molecule has 0 saturated heterocycles. The molecule has 5 nitrogen and oxygen atoms in total. The first-order valence-corrected chi connectivity index (χ1v) is 10.4. The molecule has 0 aliphatic heterocycles. The highest BCUT2D eigenvalue weighted by molar-refractivity contribution is 5.94. The van der Waals surface area contributed by atoms with E-state index in [1.165, 1.54) is 5.56 Å². The average Bonchev–Trinajstić information content (AvgIpc) is 3.27. The van der Waals surface area contributed by atoms with Crippen LogP contribution >= 0.6 is 0 Å². The maximum absolute atomic E-state index is 13.2. The van der Waals surface area contributed by atoms with Gasteiger partial charge >= 0.3 is 0 Å². The highest BCUT2D eigenvalue weighted by Crippen LogP contribution is 2.17. The minimum absolute atomic E-state index is 0.0119. The molecule has 0 saturated carbocycles. The van der Waals surface area contributed by atoms with Gasteiger partial charge in [0.05, 0.1) is 0 Å².